The fourth-order valence-corrected chi connectivity index (χ4v) is 2.14. The van der Waals surface area contributed by atoms with E-state index >= 15 is 0 Å². The number of hydrogen-bond acceptors (Lipinski definition) is 2. The lowest BCUT2D eigenvalue weighted by Gasteiger charge is -2.06. The first-order valence-electron chi connectivity index (χ1n) is 3.78. The van der Waals surface area contributed by atoms with Crippen molar-refractivity contribution in [3.8, 4) is 0 Å². The molecule has 2 heteroatoms. The lowest BCUT2D eigenvalue weighted by Crippen LogP contribution is -2.18. The molecule has 0 bridgehead atoms. The van der Waals surface area contributed by atoms with Gasteiger partial charge in [-0.15, -0.1) is 11.8 Å². The normalized spacial score (nSPS) is 27.0. The van der Waals surface area contributed by atoms with Crippen molar-refractivity contribution in [1.29, 1.82) is 0 Å². The SMILES string of the molecule is CCCCC1NCCS1. The van der Waals surface area contributed by atoms with Gasteiger partial charge in [-0.25, -0.2) is 0 Å². The minimum atomic E-state index is 0.782. The van der Waals surface area contributed by atoms with Gasteiger partial charge in [0.05, 0.1) is 5.37 Å². The van der Waals surface area contributed by atoms with Crippen molar-refractivity contribution < 1.29 is 0 Å². The summed E-state index contributed by atoms with van der Waals surface area (Å²) in [7, 11) is 0. The Morgan fingerprint density at radius 1 is 1.67 bits per heavy atom. The van der Waals surface area contributed by atoms with Crippen molar-refractivity contribution in [2.45, 2.75) is 31.6 Å². The van der Waals surface area contributed by atoms with Gasteiger partial charge in [0.2, 0.25) is 0 Å². The van der Waals surface area contributed by atoms with Crippen LogP contribution < -0.4 is 5.32 Å². The number of rotatable bonds is 3. The maximum absolute atomic E-state index is 3.45. The molecule has 0 spiro atoms. The summed E-state index contributed by atoms with van der Waals surface area (Å²) < 4.78 is 0. The Morgan fingerprint density at radius 2 is 2.56 bits per heavy atom. The molecule has 0 aromatic rings. The first kappa shape index (κ1) is 7.42. The Kier molecular flexibility index (Phi) is 3.44. The molecule has 1 unspecified atom stereocenters. The van der Waals surface area contributed by atoms with Crippen LogP contribution in [0, 0.1) is 0 Å². The third kappa shape index (κ3) is 2.59. The minimum absolute atomic E-state index is 0.782. The largest absolute Gasteiger partial charge is 0.305 e. The Bertz CT molecular complexity index is 69.3. The Balaban J connectivity index is 1.98. The van der Waals surface area contributed by atoms with Gasteiger partial charge in [0, 0.05) is 12.3 Å². The van der Waals surface area contributed by atoms with E-state index < -0.39 is 0 Å². The molecule has 0 aromatic heterocycles. The van der Waals surface area contributed by atoms with Crippen LogP contribution in [0.25, 0.3) is 0 Å². The lowest BCUT2D eigenvalue weighted by atomic mass is 10.2. The van der Waals surface area contributed by atoms with Crippen molar-refractivity contribution in [2.75, 3.05) is 12.3 Å². The molecule has 1 heterocycles. The highest BCUT2D eigenvalue weighted by Gasteiger charge is 2.12. The van der Waals surface area contributed by atoms with Crippen molar-refractivity contribution in [1.82, 2.24) is 5.32 Å². The topological polar surface area (TPSA) is 12.0 Å². The summed E-state index contributed by atoms with van der Waals surface area (Å²) in [4.78, 5) is 0. The zero-order valence-electron chi connectivity index (χ0n) is 6.02. The molecular weight excluding hydrogens is 130 g/mol. The second-order valence-electron chi connectivity index (χ2n) is 2.46. The zero-order chi connectivity index (χ0) is 6.53. The minimum Gasteiger partial charge on any atom is -0.305 e. The van der Waals surface area contributed by atoms with Crippen molar-refractivity contribution in [2.24, 2.45) is 0 Å². The maximum atomic E-state index is 3.45. The standard InChI is InChI=1S/C7H15NS/c1-2-3-4-7-8-5-6-9-7/h7-8H,2-6H2,1H3. The summed E-state index contributed by atoms with van der Waals surface area (Å²) in [5.74, 6) is 1.31. The molecule has 1 N–H and O–H groups in total. The van der Waals surface area contributed by atoms with E-state index in [2.05, 4.69) is 24.0 Å². The van der Waals surface area contributed by atoms with E-state index in [-0.39, 0.29) is 0 Å². The molecule has 0 amide bonds. The summed E-state index contributed by atoms with van der Waals surface area (Å²) in [5.41, 5.74) is 0. The molecule has 1 aliphatic heterocycles. The molecule has 9 heavy (non-hydrogen) atoms. The molecule has 0 aromatic carbocycles. The van der Waals surface area contributed by atoms with Crippen LogP contribution in [0.15, 0.2) is 0 Å². The van der Waals surface area contributed by atoms with E-state index in [4.69, 9.17) is 0 Å². The smallest absolute Gasteiger partial charge is 0.0532 e. The number of hydrogen-bond donors (Lipinski definition) is 1. The lowest BCUT2D eigenvalue weighted by molar-refractivity contribution is 0.619. The van der Waals surface area contributed by atoms with E-state index in [1.165, 1.54) is 31.6 Å². The number of unbranched alkanes of at least 4 members (excludes halogenated alkanes) is 1. The first-order valence-corrected chi connectivity index (χ1v) is 4.83. The van der Waals surface area contributed by atoms with Crippen LogP contribution in [0.1, 0.15) is 26.2 Å². The third-order valence-electron chi connectivity index (χ3n) is 1.61. The van der Waals surface area contributed by atoms with Gasteiger partial charge >= 0.3 is 0 Å². The molecule has 1 fully saturated rings. The molecule has 0 aliphatic carbocycles. The van der Waals surface area contributed by atoms with Gasteiger partial charge in [-0.2, -0.15) is 0 Å². The van der Waals surface area contributed by atoms with Crippen LogP contribution in [0.3, 0.4) is 0 Å². The van der Waals surface area contributed by atoms with Gasteiger partial charge in [0.15, 0.2) is 0 Å². The highest BCUT2D eigenvalue weighted by Crippen LogP contribution is 2.18. The summed E-state index contributed by atoms with van der Waals surface area (Å²) in [6.07, 6.45) is 4.07. The van der Waals surface area contributed by atoms with Gasteiger partial charge in [-0.1, -0.05) is 19.8 Å². The summed E-state index contributed by atoms with van der Waals surface area (Å²) in [6.45, 7) is 3.47. The molecule has 1 aliphatic rings. The molecule has 54 valence electrons. The second kappa shape index (κ2) is 4.18. The Hall–Kier alpha value is 0.310. The predicted octanol–water partition coefficient (Wildman–Crippen LogP) is 1.84. The quantitative estimate of drug-likeness (QED) is 0.650. The van der Waals surface area contributed by atoms with Gasteiger partial charge in [0.1, 0.15) is 0 Å². The Labute approximate surface area is 61.6 Å². The number of nitrogens with one attached hydrogen (secondary N) is 1. The van der Waals surface area contributed by atoms with E-state index in [0.29, 0.717) is 0 Å². The van der Waals surface area contributed by atoms with E-state index in [0.717, 1.165) is 5.37 Å². The van der Waals surface area contributed by atoms with E-state index in [1.54, 1.807) is 0 Å². The fourth-order valence-electron chi connectivity index (χ4n) is 1.05. The van der Waals surface area contributed by atoms with Crippen LogP contribution in [-0.4, -0.2) is 17.7 Å². The summed E-state index contributed by atoms with van der Waals surface area (Å²) >= 11 is 2.07. The van der Waals surface area contributed by atoms with Gasteiger partial charge in [-0.3, -0.25) is 0 Å². The van der Waals surface area contributed by atoms with E-state index in [9.17, 15) is 0 Å². The highest BCUT2D eigenvalue weighted by molar-refractivity contribution is 8.00. The van der Waals surface area contributed by atoms with Crippen LogP contribution in [0.4, 0.5) is 0 Å². The van der Waals surface area contributed by atoms with Crippen LogP contribution in [-0.2, 0) is 0 Å². The molecule has 1 nitrogen and oxygen atoms in total. The fraction of sp³-hybridized carbons (Fsp3) is 1.00. The molecule has 1 saturated heterocycles. The van der Waals surface area contributed by atoms with Crippen LogP contribution in [0.2, 0.25) is 0 Å². The first-order chi connectivity index (χ1) is 4.43. The zero-order valence-corrected chi connectivity index (χ0v) is 6.84. The molecule has 1 rings (SSSR count). The maximum Gasteiger partial charge on any atom is 0.0532 e. The van der Waals surface area contributed by atoms with Gasteiger partial charge in [-0.05, 0) is 6.42 Å². The summed E-state index contributed by atoms with van der Waals surface area (Å²) in [5, 5.41) is 4.24. The summed E-state index contributed by atoms with van der Waals surface area (Å²) in [6, 6.07) is 0. The van der Waals surface area contributed by atoms with Crippen LogP contribution >= 0.6 is 11.8 Å². The number of thioether (sulfide) groups is 1. The third-order valence-corrected chi connectivity index (χ3v) is 2.86. The molecular formula is C7H15NS. The Morgan fingerprint density at radius 3 is 3.11 bits per heavy atom. The second-order valence-corrected chi connectivity index (χ2v) is 3.77. The van der Waals surface area contributed by atoms with Gasteiger partial charge in [0.25, 0.3) is 0 Å². The van der Waals surface area contributed by atoms with Crippen molar-refractivity contribution >= 4 is 11.8 Å². The average Bonchev–Trinajstić information content (AvgIpc) is 2.34. The van der Waals surface area contributed by atoms with E-state index in [1.807, 2.05) is 0 Å². The highest BCUT2D eigenvalue weighted by atomic mass is 32.2. The average molecular weight is 145 g/mol. The monoisotopic (exact) mass is 145 g/mol. The van der Waals surface area contributed by atoms with Crippen molar-refractivity contribution in [3.63, 3.8) is 0 Å². The molecule has 0 saturated carbocycles. The van der Waals surface area contributed by atoms with Crippen molar-refractivity contribution in [3.05, 3.63) is 0 Å². The van der Waals surface area contributed by atoms with Crippen LogP contribution in [0.5, 0.6) is 0 Å². The van der Waals surface area contributed by atoms with Gasteiger partial charge < -0.3 is 5.32 Å². The molecule has 0 radical (unpaired) electrons. The predicted molar refractivity (Wildman–Crippen MR) is 43.8 cm³/mol. The molecule has 1 atom stereocenters.